The van der Waals surface area contributed by atoms with Gasteiger partial charge < -0.3 is 10.6 Å². The van der Waals surface area contributed by atoms with E-state index in [-0.39, 0.29) is 18.0 Å². The molecule has 0 aromatic heterocycles. The molecule has 0 saturated carbocycles. The van der Waals surface area contributed by atoms with E-state index < -0.39 is 5.41 Å². The summed E-state index contributed by atoms with van der Waals surface area (Å²) in [6.45, 7) is 6.55. The highest BCUT2D eigenvalue weighted by atomic mass is 16.2. The fraction of sp³-hybridized carbons (Fsp3) is 0.500. The molecule has 0 radical (unpaired) electrons. The van der Waals surface area contributed by atoms with Crippen LogP contribution in [-0.2, 0) is 4.79 Å². The monoisotopic (exact) mass is 232 g/mol. The molecule has 2 atom stereocenters. The molecule has 0 spiro atoms. The van der Waals surface area contributed by atoms with E-state index in [1.54, 1.807) is 0 Å². The molecule has 1 saturated heterocycles. The molecule has 1 aromatic rings. The maximum Gasteiger partial charge on any atom is 0.230 e. The normalized spacial score (nSPS) is 25.1. The maximum absolute atomic E-state index is 12.3. The molecule has 1 heterocycles. The van der Waals surface area contributed by atoms with Crippen LogP contribution in [0.1, 0.15) is 32.4 Å². The van der Waals surface area contributed by atoms with Gasteiger partial charge in [0.05, 0.1) is 11.5 Å². The number of rotatable bonds is 2. The van der Waals surface area contributed by atoms with Gasteiger partial charge in [-0.2, -0.15) is 0 Å². The van der Waals surface area contributed by atoms with Gasteiger partial charge in [-0.3, -0.25) is 4.79 Å². The predicted molar refractivity (Wildman–Crippen MR) is 68.3 cm³/mol. The number of nitrogens with two attached hydrogens (primary N) is 1. The second kappa shape index (κ2) is 4.15. The highest BCUT2D eigenvalue weighted by molar-refractivity contribution is 5.85. The van der Waals surface area contributed by atoms with Gasteiger partial charge in [0.1, 0.15) is 0 Å². The Hall–Kier alpha value is -1.35. The fourth-order valence-corrected chi connectivity index (χ4v) is 2.30. The van der Waals surface area contributed by atoms with E-state index in [9.17, 15) is 4.79 Å². The lowest BCUT2D eigenvalue weighted by Crippen LogP contribution is -2.37. The zero-order valence-electron chi connectivity index (χ0n) is 10.7. The molecule has 1 aliphatic rings. The predicted octanol–water partition coefficient (Wildman–Crippen LogP) is 1.94. The van der Waals surface area contributed by atoms with Crippen LogP contribution in [0.4, 0.5) is 0 Å². The molecule has 92 valence electrons. The Morgan fingerprint density at radius 1 is 1.35 bits per heavy atom. The van der Waals surface area contributed by atoms with Crippen LogP contribution in [0.15, 0.2) is 30.3 Å². The van der Waals surface area contributed by atoms with Crippen LogP contribution in [-0.4, -0.2) is 23.4 Å². The van der Waals surface area contributed by atoms with Crippen molar-refractivity contribution in [3.05, 3.63) is 35.9 Å². The van der Waals surface area contributed by atoms with Crippen LogP contribution < -0.4 is 5.73 Å². The second-order valence-corrected chi connectivity index (χ2v) is 5.37. The molecule has 1 aromatic carbocycles. The van der Waals surface area contributed by atoms with E-state index in [4.69, 9.17) is 5.73 Å². The third-order valence-corrected chi connectivity index (χ3v) is 3.88. The van der Waals surface area contributed by atoms with Crippen molar-refractivity contribution in [1.29, 1.82) is 0 Å². The van der Waals surface area contributed by atoms with Gasteiger partial charge in [0.15, 0.2) is 0 Å². The van der Waals surface area contributed by atoms with Gasteiger partial charge in [0.25, 0.3) is 0 Å². The fourth-order valence-electron chi connectivity index (χ4n) is 2.30. The van der Waals surface area contributed by atoms with Crippen molar-refractivity contribution in [3.63, 3.8) is 0 Å². The topological polar surface area (TPSA) is 46.3 Å². The molecule has 17 heavy (non-hydrogen) atoms. The van der Waals surface area contributed by atoms with E-state index >= 15 is 0 Å². The summed E-state index contributed by atoms with van der Waals surface area (Å²) in [5.41, 5.74) is 6.76. The molecule has 0 aliphatic carbocycles. The van der Waals surface area contributed by atoms with E-state index in [1.165, 1.54) is 0 Å². The molecule has 3 heteroatoms. The van der Waals surface area contributed by atoms with Gasteiger partial charge in [-0.05, 0) is 26.3 Å². The number of hydrogen-bond acceptors (Lipinski definition) is 2. The molecule has 1 amide bonds. The molecular weight excluding hydrogens is 212 g/mol. The first-order valence-corrected chi connectivity index (χ1v) is 6.06. The Balaban J connectivity index is 2.23. The summed E-state index contributed by atoms with van der Waals surface area (Å²) in [6.07, 6.45) is 0. The number of carbonyl (C=O) groups excluding carboxylic acids is 1. The zero-order valence-corrected chi connectivity index (χ0v) is 10.7. The summed E-state index contributed by atoms with van der Waals surface area (Å²) in [5.74, 6) is 0.154. The second-order valence-electron chi connectivity index (χ2n) is 5.37. The largest absolute Gasteiger partial charge is 0.334 e. The van der Waals surface area contributed by atoms with Gasteiger partial charge in [0.2, 0.25) is 5.91 Å². The van der Waals surface area contributed by atoms with Crippen LogP contribution in [0.5, 0.6) is 0 Å². The lowest BCUT2D eigenvalue weighted by Gasteiger charge is -2.26. The first-order chi connectivity index (χ1) is 7.94. The Bertz CT molecular complexity index is 413. The smallest absolute Gasteiger partial charge is 0.230 e. The summed E-state index contributed by atoms with van der Waals surface area (Å²) in [6, 6.07) is 10.1. The Kier molecular flexibility index (Phi) is 2.96. The lowest BCUT2D eigenvalue weighted by molar-refractivity contribution is -0.136. The summed E-state index contributed by atoms with van der Waals surface area (Å²) >= 11 is 0. The standard InChI is InChI=1S/C14H20N2O/c1-10(11-7-5-4-6-8-11)16-9-12(15)14(2,3)13(16)17/h4-8,10,12H,9,15H2,1-3H3. The number of amides is 1. The van der Waals surface area contributed by atoms with Gasteiger partial charge in [-0.25, -0.2) is 0 Å². The molecule has 2 N–H and O–H groups in total. The van der Waals surface area contributed by atoms with Gasteiger partial charge in [-0.15, -0.1) is 0 Å². The van der Waals surface area contributed by atoms with Crippen molar-refractivity contribution in [1.82, 2.24) is 4.90 Å². The molecular formula is C14H20N2O. The van der Waals surface area contributed by atoms with Crippen LogP contribution in [0.25, 0.3) is 0 Å². The Morgan fingerprint density at radius 3 is 2.41 bits per heavy atom. The highest BCUT2D eigenvalue weighted by Crippen LogP contribution is 2.35. The number of likely N-dealkylation sites (tertiary alicyclic amines) is 1. The van der Waals surface area contributed by atoms with Crippen LogP contribution in [0.2, 0.25) is 0 Å². The summed E-state index contributed by atoms with van der Waals surface area (Å²) in [7, 11) is 0. The summed E-state index contributed by atoms with van der Waals surface area (Å²) in [4.78, 5) is 14.2. The van der Waals surface area contributed by atoms with Crippen molar-refractivity contribution < 1.29 is 4.79 Å². The van der Waals surface area contributed by atoms with Crippen molar-refractivity contribution >= 4 is 5.91 Å². The zero-order chi connectivity index (χ0) is 12.6. The Morgan fingerprint density at radius 2 is 1.94 bits per heavy atom. The van der Waals surface area contributed by atoms with Gasteiger partial charge in [-0.1, -0.05) is 30.3 Å². The third-order valence-electron chi connectivity index (χ3n) is 3.88. The van der Waals surface area contributed by atoms with Gasteiger partial charge >= 0.3 is 0 Å². The summed E-state index contributed by atoms with van der Waals surface area (Å²) < 4.78 is 0. The van der Waals surface area contributed by atoms with Crippen molar-refractivity contribution in [2.75, 3.05) is 6.54 Å². The number of carbonyl (C=O) groups is 1. The van der Waals surface area contributed by atoms with Crippen molar-refractivity contribution in [2.45, 2.75) is 32.9 Å². The molecule has 2 unspecified atom stereocenters. The van der Waals surface area contributed by atoms with Crippen LogP contribution in [0, 0.1) is 5.41 Å². The van der Waals surface area contributed by atoms with Crippen molar-refractivity contribution in [2.24, 2.45) is 11.1 Å². The molecule has 2 rings (SSSR count). The average Bonchev–Trinajstić information content (AvgIpc) is 2.53. The van der Waals surface area contributed by atoms with E-state index in [0.29, 0.717) is 6.54 Å². The first kappa shape index (κ1) is 12.1. The van der Waals surface area contributed by atoms with E-state index in [1.807, 2.05) is 36.9 Å². The van der Waals surface area contributed by atoms with Crippen LogP contribution in [0.3, 0.4) is 0 Å². The van der Waals surface area contributed by atoms with Gasteiger partial charge in [0, 0.05) is 12.6 Å². The maximum atomic E-state index is 12.3. The lowest BCUT2D eigenvalue weighted by atomic mass is 9.88. The Labute approximate surface area is 103 Å². The summed E-state index contributed by atoms with van der Waals surface area (Å²) in [5, 5.41) is 0. The first-order valence-electron chi connectivity index (χ1n) is 6.06. The minimum atomic E-state index is -0.441. The minimum Gasteiger partial charge on any atom is -0.334 e. The quantitative estimate of drug-likeness (QED) is 0.847. The third kappa shape index (κ3) is 1.95. The number of hydrogen-bond donors (Lipinski definition) is 1. The minimum absolute atomic E-state index is 0.0823. The molecule has 3 nitrogen and oxygen atoms in total. The number of nitrogens with zero attached hydrogens (tertiary/aromatic N) is 1. The van der Waals surface area contributed by atoms with E-state index in [0.717, 1.165) is 5.56 Å². The van der Waals surface area contributed by atoms with Crippen LogP contribution >= 0.6 is 0 Å². The van der Waals surface area contributed by atoms with Crippen molar-refractivity contribution in [3.8, 4) is 0 Å². The highest BCUT2D eigenvalue weighted by Gasteiger charge is 2.46. The average molecular weight is 232 g/mol. The van der Waals surface area contributed by atoms with E-state index in [2.05, 4.69) is 19.1 Å². The SMILES string of the molecule is CC(c1ccccc1)N1CC(N)C(C)(C)C1=O. The number of benzene rings is 1. The molecule has 1 aliphatic heterocycles. The molecule has 0 bridgehead atoms. The molecule has 1 fully saturated rings.